The van der Waals surface area contributed by atoms with E-state index in [2.05, 4.69) is 31.0 Å². The van der Waals surface area contributed by atoms with Gasteiger partial charge >= 0.3 is 0 Å². The summed E-state index contributed by atoms with van der Waals surface area (Å²) in [6.45, 7) is 13.2. The van der Waals surface area contributed by atoms with E-state index < -0.39 is 5.54 Å². The van der Waals surface area contributed by atoms with Crippen molar-refractivity contribution in [1.82, 2.24) is 10.2 Å². The van der Waals surface area contributed by atoms with Crippen molar-refractivity contribution in [2.24, 2.45) is 5.41 Å². The largest absolute Gasteiger partial charge is 0.394 e. The molecular formula is C16H32N2O3. The van der Waals surface area contributed by atoms with Crippen LogP contribution in [0.3, 0.4) is 0 Å². The molecule has 1 amide bonds. The third kappa shape index (κ3) is 5.93. The quantitative estimate of drug-likeness (QED) is 0.778. The van der Waals surface area contributed by atoms with E-state index in [0.29, 0.717) is 13.2 Å². The topological polar surface area (TPSA) is 61.8 Å². The Labute approximate surface area is 129 Å². The highest BCUT2D eigenvalue weighted by Crippen LogP contribution is 2.22. The molecule has 1 saturated heterocycles. The number of hydrogen-bond donors (Lipinski definition) is 2. The van der Waals surface area contributed by atoms with Crippen LogP contribution < -0.4 is 5.32 Å². The second-order valence-electron chi connectivity index (χ2n) is 7.61. The van der Waals surface area contributed by atoms with Crippen molar-refractivity contribution in [1.29, 1.82) is 0 Å². The molecule has 124 valence electrons. The third-order valence-corrected chi connectivity index (χ3v) is 4.16. The summed E-state index contributed by atoms with van der Waals surface area (Å²) in [5.74, 6) is -0.0163. The molecule has 21 heavy (non-hydrogen) atoms. The fraction of sp³-hybridized carbons (Fsp3) is 0.938. The van der Waals surface area contributed by atoms with E-state index in [-0.39, 0.29) is 24.0 Å². The summed E-state index contributed by atoms with van der Waals surface area (Å²) < 4.78 is 5.34. The third-order valence-electron chi connectivity index (χ3n) is 4.16. The molecule has 1 atom stereocenters. The van der Waals surface area contributed by atoms with Crippen molar-refractivity contribution < 1.29 is 14.6 Å². The normalized spacial score (nSPS) is 19.3. The molecule has 1 heterocycles. The van der Waals surface area contributed by atoms with Crippen LogP contribution in [0, 0.1) is 5.41 Å². The first kappa shape index (κ1) is 18.4. The van der Waals surface area contributed by atoms with Crippen LogP contribution in [0.2, 0.25) is 0 Å². The first-order chi connectivity index (χ1) is 9.66. The van der Waals surface area contributed by atoms with Crippen LogP contribution in [0.25, 0.3) is 0 Å². The maximum absolute atomic E-state index is 12.6. The van der Waals surface area contributed by atoms with E-state index >= 15 is 0 Å². The van der Waals surface area contributed by atoms with Gasteiger partial charge in [-0.15, -0.1) is 0 Å². The smallest absolute Gasteiger partial charge is 0.240 e. The van der Waals surface area contributed by atoms with Gasteiger partial charge in [0.05, 0.1) is 31.4 Å². The van der Waals surface area contributed by atoms with Crippen molar-refractivity contribution >= 4 is 5.91 Å². The Morgan fingerprint density at radius 2 is 1.81 bits per heavy atom. The lowest BCUT2D eigenvalue weighted by Crippen LogP contribution is -2.59. The van der Waals surface area contributed by atoms with Crippen molar-refractivity contribution in [3.8, 4) is 0 Å². The lowest BCUT2D eigenvalue weighted by Gasteiger charge is -2.40. The number of aliphatic hydroxyl groups excluding tert-OH is 1. The second kappa shape index (κ2) is 7.56. The highest BCUT2D eigenvalue weighted by molar-refractivity contribution is 5.85. The number of aliphatic hydroxyl groups is 1. The van der Waals surface area contributed by atoms with Gasteiger partial charge < -0.3 is 15.2 Å². The van der Waals surface area contributed by atoms with Crippen LogP contribution >= 0.6 is 0 Å². The van der Waals surface area contributed by atoms with Gasteiger partial charge in [0.1, 0.15) is 0 Å². The fourth-order valence-electron chi connectivity index (χ4n) is 2.44. The Kier molecular flexibility index (Phi) is 6.63. The summed E-state index contributed by atoms with van der Waals surface area (Å²) in [6, 6.07) is -0.169. The maximum Gasteiger partial charge on any atom is 0.240 e. The van der Waals surface area contributed by atoms with Crippen LogP contribution in [-0.2, 0) is 9.53 Å². The van der Waals surface area contributed by atoms with Crippen molar-refractivity contribution in [2.75, 3.05) is 32.9 Å². The van der Waals surface area contributed by atoms with Gasteiger partial charge in [0, 0.05) is 13.1 Å². The average molecular weight is 300 g/mol. The molecule has 2 N–H and O–H groups in total. The number of nitrogens with zero attached hydrogens (tertiary/aromatic N) is 1. The molecule has 0 bridgehead atoms. The second-order valence-corrected chi connectivity index (χ2v) is 7.61. The van der Waals surface area contributed by atoms with E-state index in [9.17, 15) is 9.90 Å². The van der Waals surface area contributed by atoms with Gasteiger partial charge in [-0.05, 0) is 32.1 Å². The molecule has 0 aliphatic carbocycles. The number of carbonyl (C=O) groups is 1. The SMILES string of the molecule is CC(C)(C)CC[C@H](CO)NC(=O)C(C)(C)N1CCOCC1. The number of rotatable bonds is 6. The number of ether oxygens (including phenoxy) is 1. The Balaban J connectivity index is 2.55. The molecule has 1 aliphatic heterocycles. The first-order valence-electron chi connectivity index (χ1n) is 7.91. The van der Waals surface area contributed by atoms with Crippen LogP contribution in [-0.4, -0.2) is 60.4 Å². The first-order valence-corrected chi connectivity index (χ1v) is 7.91. The van der Waals surface area contributed by atoms with Crippen molar-refractivity contribution in [3.63, 3.8) is 0 Å². The molecular weight excluding hydrogens is 268 g/mol. The molecule has 0 unspecified atom stereocenters. The zero-order chi connectivity index (χ0) is 16.1. The van der Waals surface area contributed by atoms with Gasteiger partial charge in [-0.3, -0.25) is 9.69 Å². The average Bonchev–Trinajstić information content (AvgIpc) is 2.43. The standard InChI is InChI=1S/C16H32N2O3/c1-15(2,3)7-6-13(12-19)17-14(20)16(4,5)18-8-10-21-11-9-18/h13,19H,6-12H2,1-5H3,(H,17,20)/t13-/m1/s1. The predicted molar refractivity (Wildman–Crippen MR) is 84.2 cm³/mol. The molecule has 1 aliphatic rings. The summed E-state index contributed by atoms with van der Waals surface area (Å²) >= 11 is 0. The minimum Gasteiger partial charge on any atom is -0.394 e. The molecule has 0 aromatic rings. The van der Waals surface area contributed by atoms with Gasteiger partial charge in [0.25, 0.3) is 0 Å². The van der Waals surface area contributed by atoms with Crippen molar-refractivity contribution in [3.05, 3.63) is 0 Å². The predicted octanol–water partition coefficient (Wildman–Crippen LogP) is 1.40. The van der Waals surface area contributed by atoms with E-state index in [0.717, 1.165) is 25.9 Å². The fourth-order valence-corrected chi connectivity index (χ4v) is 2.44. The summed E-state index contributed by atoms with van der Waals surface area (Å²) in [5.41, 5.74) is -0.364. The molecule has 0 aromatic heterocycles. The molecule has 0 radical (unpaired) electrons. The number of nitrogens with one attached hydrogen (secondary N) is 1. The van der Waals surface area contributed by atoms with Crippen LogP contribution in [0.15, 0.2) is 0 Å². The number of hydrogen-bond acceptors (Lipinski definition) is 4. The summed E-state index contributed by atoms with van der Waals surface area (Å²) in [4.78, 5) is 14.7. The number of morpholine rings is 1. The van der Waals surface area contributed by atoms with E-state index in [1.807, 2.05) is 13.8 Å². The van der Waals surface area contributed by atoms with Crippen molar-refractivity contribution in [2.45, 2.75) is 59.0 Å². The Morgan fingerprint density at radius 3 is 2.29 bits per heavy atom. The zero-order valence-electron chi connectivity index (χ0n) is 14.2. The van der Waals surface area contributed by atoms with Gasteiger partial charge in [-0.25, -0.2) is 0 Å². The Bertz CT molecular complexity index is 331. The molecule has 1 fully saturated rings. The molecule has 0 spiro atoms. The number of amides is 1. The molecule has 5 heteroatoms. The van der Waals surface area contributed by atoms with E-state index in [1.54, 1.807) is 0 Å². The van der Waals surface area contributed by atoms with E-state index in [4.69, 9.17) is 4.74 Å². The summed E-state index contributed by atoms with van der Waals surface area (Å²) in [5, 5.41) is 12.5. The molecule has 5 nitrogen and oxygen atoms in total. The maximum atomic E-state index is 12.6. The monoisotopic (exact) mass is 300 g/mol. The van der Waals surface area contributed by atoms with Gasteiger partial charge in [-0.2, -0.15) is 0 Å². The van der Waals surface area contributed by atoms with Crippen LogP contribution in [0.1, 0.15) is 47.5 Å². The van der Waals surface area contributed by atoms with Gasteiger partial charge in [0.2, 0.25) is 5.91 Å². The highest BCUT2D eigenvalue weighted by atomic mass is 16.5. The molecule has 1 rings (SSSR count). The van der Waals surface area contributed by atoms with Gasteiger partial charge in [-0.1, -0.05) is 20.8 Å². The van der Waals surface area contributed by atoms with E-state index in [1.165, 1.54) is 0 Å². The lowest BCUT2D eigenvalue weighted by molar-refractivity contribution is -0.135. The van der Waals surface area contributed by atoms with Crippen LogP contribution in [0.5, 0.6) is 0 Å². The minimum absolute atomic E-state index is 0.0129. The lowest BCUT2D eigenvalue weighted by atomic mass is 9.88. The van der Waals surface area contributed by atoms with Gasteiger partial charge in [0.15, 0.2) is 0 Å². The Hall–Kier alpha value is -0.650. The zero-order valence-corrected chi connectivity index (χ0v) is 14.2. The molecule has 0 saturated carbocycles. The summed E-state index contributed by atoms with van der Waals surface area (Å²) in [7, 11) is 0. The Morgan fingerprint density at radius 1 is 1.24 bits per heavy atom. The number of carbonyl (C=O) groups excluding carboxylic acids is 1. The minimum atomic E-state index is -0.571. The van der Waals surface area contributed by atoms with Crippen LogP contribution in [0.4, 0.5) is 0 Å². The summed E-state index contributed by atoms with van der Waals surface area (Å²) in [6.07, 6.45) is 1.77. The molecule has 0 aromatic carbocycles. The highest BCUT2D eigenvalue weighted by Gasteiger charge is 2.36.